The number of benzene rings is 1. The number of aromatic nitrogens is 2. The highest BCUT2D eigenvalue weighted by Gasteiger charge is 2.22. The Kier molecular flexibility index (Phi) is 3.31. The van der Waals surface area contributed by atoms with Crippen LogP contribution in [0.1, 0.15) is 17.9 Å². The predicted octanol–water partition coefficient (Wildman–Crippen LogP) is 1.61. The molecule has 1 aliphatic heterocycles. The van der Waals surface area contributed by atoms with Crippen LogP contribution in [-0.2, 0) is 6.54 Å². The number of aliphatic hydroxyl groups is 1. The number of nitrogens with zero attached hydrogens (tertiary/aromatic N) is 3. The maximum atomic E-state index is 9.49. The molecule has 1 aromatic heterocycles. The van der Waals surface area contributed by atoms with Crippen LogP contribution in [0.3, 0.4) is 0 Å². The molecule has 0 radical (unpaired) electrons. The zero-order valence-corrected chi connectivity index (χ0v) is 10.9. The zero-order valence-electron chi connectivity index (χ0n) is 10.9. The third kappa shape index (κ3) is 2.67. The Morgan fingerprint density at radius 1 is 1.42 bits per heavy atom. The van der Waals surface area contributed by atoms with Gasteiger partial charge >= 0.3 is 0 Å². The number of aryl methyl sites for hydroxylation is 1. The van der Waals surface area contributed by atoms with Crippen LogP contribution in [-0.4, -0.2) is 39.3 Å². The first-order valence-corrected chi connectivity index (χ1v) is 6.51. The Bertz CT molecular complexity index is 567. The molecule has 1 N–H and O–H groups in total. The summed E-state index contributed by atoms with van der Waals surface area (Å²) in [5.41, 5.74) is 2.13. The third-order valence-electron chi connectivity index (χ3n) is 3.46. The SMILES string of the molecule is Cc1ccccc1-c1noc(CN2CC[C@H](O)C2)n1. The lowest BCUT2D eigenvalue weighted by molar-refractivity contribution is 0.169. The van der Waals surface area contributed by atoms with Crippen LogP contribution < -0.4 is 0 Å². The highest BCUT2D eigenvalue weighted by Crippen LogP contribution is 2.20. The first-order chi connectivity index (χ1) is 9.22. The smallest absolute Gasteiger partial charge is 0.241 e. The Morgan fingerprint density at radius 2 is 2.26 bits per heavy atom. The normalized spacial score (nSPS) is 20.0. The molecule has 5 heteroatoms. The summed E-state index contributed by atoms with van der Waals surface area (Å²) >= 11 is 0. The predicted molar refractivity (Wildman–Crippen MR) is 70.4 cm³/mol. The van der Waals surface area contributed by atoms with Crippen molar-refractivity contribution in [2.75, 3.05) is 13.1 Å². The molecule has 2 aromatic rings. The molecule has 0 amide bonds. The third-order valence-corrected chi connectivity index (χ3v) is 3.46. The molecule has 1 fully saturated rings. The summed E-state index contributed by atoms with van der Waals surface area (Å²) in [6, 6.07) is 7.98. The first-order valence-electron chi connectivity index (χ1n) is 6.51. The molecule has 19 heavy (non-hydrogen) atoms. The van der Waals surface area contributed by atoms with E-state index in [9.17, 15) is 5.11 Å². The van der Waals surface area contributed by atoms with Crippen molar-refractivity contribution < 1.29 is 9.63 Å². The summed E-state index contributed by atoms with van der Waals surface area (Å²) < 4.78 is 5.29. The second kappa shape index (κ2) is 5.11. The first kappa shape index (κ1) is 12.3. The Hall–Kier alpha value is -1.72. The average molecular weight is 259 g/mol. The van der Waals surface area contributed by atoms with Gasteiger partial charge in [0.2, 0.25) is 11.7 Å². The number of rotatable bonds is 3. The molecule has 1 atom stereocenters. The van der Waals surface area contributed by atoms with Crippen LogP contribution in [0.2, 0.25) is 0 Å². The van der Waals surface area contributed by atoms with E-state index in [2.05, 4.69) is 15.0 Å². The molecule has 3 rings (SSSR count). The fourth-order valence-corrected chi connectivity index (χ4v) is 2.40. The lowest BCUT2D eigenvalue weighted by Crippen LogP contribution is -2.21. The second-order valence-corrected chi connectivity index (χ2v) is 5.00. The van der Waals surface area contributed by atoms with Gasteiger partial charge in [-0.2, -0.15) is 4.98 Å². The number of β-amino-alcohol motifs (C(OH)–C–C–N with tert-alkyl or cyclic N) is 1. The van der Waals surface area contributed by atoms with Crippen molar-refractivity contribution in [2.45, 2.75) is 26.0 Å². The van der Waals surface area contributed by atoms with E-state index < -0.39 is 0 Å². The minimum absolute atomic E-state index is 0.223. The molecule has 5 nitrogen and oxygen atoms in total. The second-order valence-electron chi connectivity index (χ2n) is 5.00. The summed E-state index contributed by atoms with van der Waals surface area (Å²) in [7, 11) is 0. The van der Waals surface area contributed by atoms with Crippen molar-refractivity contribution in [3.8, 4) is 11.4 Å². The van der Waals surface area contributed by atoms with Crippen LogP contribution in [0.4, 0.5) is 0 Å². The standard InChI is InChI=1S/C14H17N3O2/c1-10-4-2-3-5-12(10)14-15-13(19-16-14)9-17-7-6-11(18)8-17/h2-5,11,18H,6-9H2,1H3/t11-/m0/s1. The van der Waals surface area contributed by atoms with E-state index >= 15 is 0 Å². The molecule has 0 saturated carbocycles. The van der Waals surface area contributed by atoms with E-state index in [1.165, 1.54) is 0 Å². The lowest BCUT2D eigenvalue weighted by Gasteiger charge is -2.10. The van der Waals surface area contributed by atoms with E-state index in [1.807, 2.05) is 31.2 Å². The van der Waals surface area contributed by atoms with Crippen LogP contribution in [0, 0.1) is 6.92 Å². The maximum absolute atomic E-state index is 9.49. The Labute approximate surface area is 111 Å². The van der Waals surface area contributed by atoms with E-state index in [1.54, 1.807) is 0 Å². The van der Waals surface area contributed by atoms with Gasteiger partial charge in [0.1, 0.15) is 0 Å². The van der Waals surface area contributed by atoms with Crippen molar-refractivity contribution in [1.29, 1.82) is 0 Å². The average Bonchev–Trinajstić information content (AvgIpc) is 3.00. The van der Waals surface area contributed by atoms with Gasteiger partial charge < -0.3 is 9.63 Å². The van der Waals surface area contributed by atoms with Gasteiger partial charge in [0, 0.05) is 18.7 Å². The molecular weight excluding hydrogens is 242 g/mol. The summed E-state index contributed by atoms with van der Waals surface area (Å²) in [4.78, 5) is 6.55. The van der Waals surface area contributed by atoms with Crippen molar-refractivity contribution in [3.05, 3.63) is 35.7 Å². The van der Waals surface area contributed by atoms with Crippen LogP contribution >= 0.6 is 0 Å². The number of hydrogen-bond acceptors (Lipinski definition) is 5. The van der Waals surface area contributed by atoms with Crippen molar-refractivity contribution in [3.63, 3.8) is 0 Å². The highest BCUT2D eigenvalue weighted by atomic mass is 16.5. The summed E-state index contributed by atoms with van der Waals surface area (Å²) in [5.74, 6) is 1.24. The number of likely N-dealkylation sites (tertiary alicyclic amines) is 1. The quantitative estimate of drug-likeness (QED) is 0.907. The van der Waals surface area contributed by atoms with Gasteiger partial charge in [-0.1, -0.05) is 29.4 Å². The summed E-state index contributed by atoms with van der Waals surface area (Å²) in [6.45, 7) is 4.20. The van der Waals surface area contributed by atoms with Gasteiger partial charge in [-0.25, -0.2) is 0 Å². The van der Waals surface area contributed by atoms with Crippen molar-refractivity contribution in [1.82, 2.24) is 15.0 Å². The van der Waals surface area contributed by atoms with Crippen molar-refractivity contribution >= 4 is 0 Å². The van der Waals surface area contributed by atoms with Gasteiger partial charge in [0.15, 0.2) is 0 Å². The minimum atomic E-state index is -0.223. The monoisotopic (exact) mass is 259 g/mol. The van der Waals surface area contributed by atoms with E-state index in [4.69, 9.17) is 4.52 Å². The molecular formula is C14H17N3O2. The molecule has 100 valence electrons. The molecule has 1 aliphatic rings. The van der Waals surface area contributed by atoms with Crippen LogP contribution in [0.5, 0.6) is 0 Å². The largest absolute Gasteiger partial charge is 0.392 e. The summed E-state index contributed by atoms with van der Waals surface area (Å²) in [5, 5.41) is 13.5. The maximum Gasteiger partial charge on any atom is 0.241 e. The van der Waals surface area contributed by atoms with E-state index in [-0.39, 0.29) is 6.10 Å². The molecule has 1 aromatic carbocycles. The topological polar surface area (TPSA) is 62.4 Å². The van der Waals surface area contributed by atoms with Gasteiger partial charge in [-0.05, 0) is 18.9 Å². The number of hydrogen-bond donors (Lipinski definition) is 1. The molecule has 2 heterocycles. The molecule has 1 saturated heterocycles. The fourth-order valence-electron chi connectivity index (χ4n) is 2.40. The highest BCUT2D eigenvalue weighted by molar-refractivity contribution is 5.58. The fraction of sp³-hybridized carbons (Fsp3) is 0.429. The van der Waals surface area contributed by atoms with Crippen molar-refractivity contribution in [2.24, 2.45) is 0 Å². The minimum Gasteiger partial charge on any atom is -0.392 e. The lowest BCUT2D eigenvalue weighted by atomic mass is 10.1. The Balaban J connectivity index is 1.75. The molecule has 0 unspecified atom stereocenters. The van der Waals surface area contributed by atoms with Gasteiger partial charge in [0.25, 0.3) is 0 Å². The molecule has 0 aliphatic carbocycles. The number of aliphatic hydroxyl groups excluding tert-OH is 1. The van der Waals surface area contributed by atoms with Gasteiger partial charge in [-0.15, -0.1) is 0 Å². The van der Waals surface area contributed by atoms with E-state index in [0.29, 0.717) is 24.8 Å². The van der Waals surface area contributed by atoms with Crippen LogP contribution in [0.25, 0.3) is 11.4 Å². The van der Waals surface area contributed by atoms with Gasteiger partial charge in [-0.3, -0.25) is 4.90 Å². The van der Waals surface area contributed by atoms with E-state index in [0.717, 1.165) is 24.1 Å². The summed E-state index contributed by atoms with van der Waals surface area (Å²) in [6.07, 6.45) is 0.595. The molecule has 0 bridgehead atoms. The van der Waals surface area contributed by atoms with Crippen LogP contribution in [0.15, 0.2) is 28.8 Å². The van der Waals surface area contributed by atoms with Gasteiger partial charge in [0.05, 0.1) is 12.6 Å². The zero-order chi connectivity index (χ0) is 13.2. The molecule has 0 spiro atoms. The Morgan fingerprint density at radius 3 is 3.00 bits per heavy atom.